The number of hydrogen-bond donors (Lipinski definition) is 1. The smallest absolute Gasteiger partial charge is 0.274 e. The maximum absolute atomic E-state index is 12.6. The Hall–Kier alpha value is -2.01. The van der Waals surface area contributed by atoms with Gasteiger partial charge in [-0.3, -0.25) is 9.78 Å². The van der Waals surface area contributed by atoms with Gasteiger partial charge in [0, 0.05) is 6.20 Å². The fraction of sp³-hybridized carbons (Fsp3) is 0. The molecule has 0 saturated carbocycles. The van der Waals surface area contributed by atoms with E-state index in [-0.39, 0.29) is 5.69 Å². The second kappa shape index (κ2) is 4.88. The van der Waals surface area contributed by atoms with Gasteiger partial charge >= 0.3 is 0 Å². The lowest BCUT2D eigenvalue weighted by atomic mass is 10.3. The Kier molecular flexibility index (Phi) is 3.30. The maximum atomic E-state index is 12.6. The third kappa shape index (κ3) is 2.76. The molecule has 1 amide bonds. The minimum Gasteiger partial charge on any atom is -0.318 e. The van der Waals surface area contributed by atoms with Gasteiger partial charge in [-0.25, -0.2) is 9.37 Å². The van der Waals surface area contributed by atoms with E-state index in [0.29, 0.717) is 10.7 Å². The second-order valence-corrected chi connectivity index (χ2v) is 3.58. The Labute approximate surface area is 101 Å². The van der Waals surface area contributed by atoms with E-state index < -0.39 is 11.7 Å². The number of amides is 1. The van der Waals surface area contributed by atoms with E-state index in [9.17, 15) is 9.18 Å². The summed E-state index contributed by atoms with van der Waals surface area (Å²) in [5.41, 5.74) is 0.483. The van der Waals surface area contributed by atoms with Crippen LogP contribution >= 0.6 is 11.6 Å². The van der Waals surface area contributed by atoms with Crippen molar-refractivity contribution in [3.05, 3.63) is 53.3 Å². The van der Waals surface area contributed by atoms with Crippen LogP contribution in [0.2, 0.25) is 5.02 Å². The van der Waals surface area contributed by atoms with Gasteiger partial charge in [0.15, 0.2) is 0 Å². The van der Waals surface area contributed by atoms with Crippen LogP contribution in [0, 0.1) is 5.82 Å². The summed E-state index contributed by atoms with van der Waals surface area (Å²) in [5, 5.41) is 2.90. The summed E-state index contributed by atoms with van der Waals surface area (Å²) in [7, 11) is 0. The zero-order chi connectivity index (χ0) is 12.3. The standard InChI is InChI=1S/C11H7ClFN3O/c12-8-3-4-14-6-10(8)16-11(17)9-2-1-7(13)5-15-9/h1-6H,(H,16,17). The van der Waals surface area contributed by atoms with Crippen LogP contribution in [0.4, 0.5) is 10.1 Å². The largest absolute Gasteiger partial charge is 0.318 e. The van der Waals surface area contributed by atoms with E-state index in [4.69, 9.17) is 11.6 Å². The van der Waals surface area contributed by atoms with Gasteiger partial charge in [-0.15, -0.1) is 0 Å². The quantitative estimate of drug-likeness (QED) is 0.892. The Morgan fingerprint density at radius 1 is 1.29 bits per heavy atom. The molecule has 0 aliphatic carbocycles. The second-order valence-electron chi connectivity index (χ2n) is 3.17. The predicted octanol–water partition coefficient (Wildman–Crippen LogP) is 2.52. The van der Waals surface area contributed by atoms with Crippen LogP contribution in [-0.2, 0) is 0 Å². The molecule has 0 aliphatic rings. The molecular weight excluding hydrogens is 245 g/mol. The van der Waals surface area contributed by atoms with E-state index >= 15 is 0 Å². The summed E-state index contributed by atoms with van der Waals surface area (Å²) in [6.07, 6.45) is 3.90. The molecule has 0 spiro atoms. The topological polar surface area (TPSA) is 54.9 Å². The first-order valence-corrected chi connectivity index (χ1v) is 5.07. The summed E-state index contributed by atoms with van der Waals surface area (Å²) >= 11 is 5.85. The van der Waals surface area contributed by atoms with Gasteiger partial charge in [-0.1, -0.05) is 11.6 Å². The molecule has 0 aromatic carbocycles. The summed E-state index contributed by atoms with van der Waals surface area (Å²) in [4.78, 5) is 19.2. The molecule has 0 saturated heterocycles. The van der Waals surface area contributed by atoms with Gasteiger partial charge in [-0.2, -0.15) is 0 Å². The highest BCUT2D eigenvalue weighted by molar-refractivity contribution is 6.33. The van der Waals surface area contributed by atoms with Crippen molar-refractivity contribution in [1.29, 1.82) is 0 Å². The van der Waals surface area contributed by atoms with E-state index in [1.807, 2.05) is 0 Å². The third-order valence-electron chi connectivity index (χ3n) is 1.98. The average Bonchev–Trinajstić information content (AvgIpc) is 2.33. The van der Waals surface area contributed by atoms with Crippen LogP contribution in [0.5, 0.6) is 0 Å². The number of anilines is 1. The van der Waals surface area contributed by atoms with E-state index in [1.165, 1.54) is 18.5 Å². The van der Waals surface area contributed by atoms with Gasteiger partial charge < -0.3 is 5.32 Å². The lowest BCUT2D eigenvalue weighted by Crippen LogP contribution is -2.14. The number of nitrogens with one attached hydrogen (secondary N) is 1. The highest BCUT2D eigenvalue weighted by Crippen LogP contribution is 2.19. The molecule has 86 valence electrons. The van der Waals surface area contributed by atoms with Crippen molar-refractivity contribution in [1.82, 2.24) is 9.97 Å². The van der Waals surface area contributed by atoms with Crippen molar-refractivity contribution in [2.45, 2.75) is 0 Å². The summed E-state index contributed by atoms with van der Waals surface area (Å²) in [5.74, 6) is -0.971. The number of carbonyl (C=O) groups excluding carboxylic acids is 1. The molecule has 0 atom stereocenters. The Morgan fingerprint density at radius 2 is 2.12 bits per heavy atom. The summed E-state index contributed by atoms with van der Waals surface area (Å²) in [6.45, 7) is 0. The van der Waals surface area contributed by atoms with Gasteiger partial charge in [-0.05, 0) is 18.2 Å². The molecule has 0 bridgehead atoms. The molecule has 2 rings (SSSR count). The Balaban J connectivity index is 2.17. The maximum Gasteiger partial charge on any atom is 0.274 e. The number of pyridine rings is 2. The molecule has 6 heteroatoms. The molecule has 0 radical (unpaired) electrons. The predicted molar refractivity (Wildman–Crippen MR) is 61.4 cm³/mol. The molecule has 0 aliphatic heterocycles. The van der Waals surface area contributed by atoms with E-state index in [1.54, 1.807) is 6.07 Å². The van der Waals surface area contributed by atoms with Gasteiger partial charge in [0.1, 0.15) is 11.5 Å². The third-order valence-corrected chi connectivity index (χ3v) is 2.31. The number of nitrogens with zero attached hydrogens (tertiary/aromatic N) is 2. The first kappa shape index (κ1) is 11.5. The number of hydrogen-bond acceptors (Lipinski definition) is 3. The molecule has 2 aromatic rings. The van der Waals surface area contributed by atoms with E-state index in [2.05, 4.69) is 15.3 Å². The number of rotatable bonds is 2. The van der Waals surface area contributed by atoms with Gasteiger partial charge in [0.05, 0.1) is 23.1 Å². The number of carbonyl (C=O) groups is 1. The van der Waals surface area contributed by atoms with Crippen LogP contribution in [0.1, 0.15) is 10.5 Å². The number of halogens is 2. The molecule has 4 nitrogen and oxygen atoms in total. The van der Waals surface area contributed by atoms with Crippen molar-refractivity contribution in [2.24, 2.45) is 0 Å². The zero-order valence-corrected chi connectivity index (χ0v) is 9.28. The van der Waals surface area contributed by atoms with Crippen LogP contribution in [0.15, 0.2) is 36.8 Å². The normalized spacial score (nSPS) is 10.0. The summed E-state index contributed by atoms with van der Waals surface area (Å²) in [6, 6.07) is 4.00. The fourth-order valence-corrected chi connectivity index (χ4v) is 1.32. The van der Waals surface area contributed by atoms with Gasteiger partial charge in [0.2, 0.25) is 0 Å². The SMILES string of the molecule is O=C(Nc1cnccc1Cl)c1ccc(F)cn1. The minimum atomic E-state index is -0.499. The molecule has 17 heavy (non-hydrogen) atoms. The van der Waals surface area contributed by atoms with Crippen LogP contribution in [-0.4, -0.2) is 15.9 Å². The van der Waals surface area contributed by atoms with Crippen molar-refractivity contribution in [2.75, 3.05) is 5.32 Å². The lowest BCUT2D eigenvalue weighted by molar-refractivity contribution is 0.102. The molecule has 2 heterocycles. The minimum absolute atomic E-state index is 0.103. The fourth-order valence-electron chi connectivity index (χ4n) is 1.17. The highest BCUT2D eigenvalue weighted by Gasteiger charge is 2.09. The Morgan fingerprint density at radius 3 is 2.76 bits per heavy atom. The highest BCUT2D eigenvalue weighted by atomic mass is 35.5. The van der Waals surface area contributed by atoms with Crippen molar-refractivity contribution in [3.63, 3.8) is 0 Å². The van der Waals surface area contributed by atoms with Crippen LogP contribution < -0.4 is 5.32 Å². The first-order chi connectivity index (χ1) is 8.16. The Bertz CT molecular complexity index is 545. The molecule has 2 aromatic heterocycles. The van der Waals surface area contributed by atoms with E-state index in [0.717, 1.165) is 12.3 Å². The monoisotopic (exact) mass is 251 g/mol. The molecule has 0 unspecified atom stereocenters. The van der Waals surface area contributed by atoms with Crippen molar-refractivity contribution >= 4 is 23.2 Å². The van der Waals surface area contributed by atoms with Crippen molar-refractivity contribution in [3.8, 4) is 0 Å². The van der Waals surface area contributed by atoms with Crippen LogP contribution in [0.3, 0.4) is 0 Å². The lowest BCUT2D eigenvalue weighted by Gasteiger charge is -2.05. The molecule has 1 N–H and O–H groups in total. The molecule has 0 fully saturated rings. The molecular formula is C11H7ClFN3O. The first-order valence-electron chi connectivity index (χ1n) is 4.69. The van der Waals surface area contributed by atoms with Gasteiger partial charge in [0.25, 0.3) is 5.91 Å². The van der Waals surface area contributed by atoms with Crippen molar-refractivity contribution < 1.29 is 9.18 Å². The number of aromatic nitrogens is 2. The zero-order valence-electron chi connectivity index (χ0n) is 8.52. The average molecular weight is 252 g/mol. The van der Waals surface area contributed by atoms with Crippen LogP contribution in [0.25, 0.3) is 0 Å². The summed E-state index contributed by atoms with van der Waals surface area (Å²) < 4.78 is 12.6.